The third-order valence-corrected chi connectivity index (χ3v) is 3.33. The molecule has 0 aliphatic rings. The van der Waals surface area contributed by atoms with Crippen molar-refractivity contribution in [3.63, 3.8) is 0 Å². The van der Waals surface area contributed by atoms with Crippen molar-refractivity contribution in [1.29, 1.82) is 0 Å². The molecule has 22 heavy (non-hydrogen) atoms. The van der Waals surface area contributed by atoms with Crippen molar-refractivity contribution in [3.05, 3.63) is 52.5 Å². The van der Waals surface area contributed by atoms with Crippen molar-refractivity contribution >= 4 is 17.1 Å². The normalized spacial score (nSPS) is 11.0. The molecule has 0 aliphatic carbocycles. The molecule has 0 spiro atoms. The molecule has 1 amide bonds. The third-order valence-electron chi connectivity index (χ3n) is 3.33. The number of aromatic nitrogens is 2. The van der Waals surface area contributed by atoms with E-state index in [0.717, 1.165) is 5.76 Å². The van der Waals surface area contributed by atoms with Crippen molar-refractivity contribution in [2.75, 3.05) is 7.05 Å². The summed E-state index contributed by atoms with van der Waals surface area (Å²) in [7, 11) is 1.65. The molecule has 0 aliphatic heterocycles. The Morgan fingerprint density at radius 1 is 1.32 bits per heavy atom. The Hall–Kier alpha value is -2.83. The van der Waals surface area contributed by atoms with Crippen LogP contribution in [0.15, 0.2) is 44.1 Å². The van der Waals surface area contributed by atoms with Gasteiger partial charge in [0.25, 0.3) is 0 Å². The van der Waals surface area contributed by atoms with Crippen LogP contribution in [0.2, 0.25) is 0 Å². The minimum Gasteiger partial charge on any atom is -0.464 e. The van der Waals surface area contributed by atoms with Crippen LogP contribution in [0, 0.1) is 6.92 Å². The molecule has 114 valence electrons. The lowest BCUT2D eigenvalue weighted by Crippen LogP contribution is -2.32. The van der Waals surface area contributed by atoms with E-state index in [4.69, 9.17) is 8.83 Å². The topological polar surface area (TPSA) is 81.5 Å². The lowest BCUT2D eigenvalue weighted by atomic mass is 10.4. The molecule has 7 heteroatoms. The summed E-state index contributed by atoms with van der Waals surface area (Å²) in [4.78, 5) is 29.7. The van der Waals surface area contributed by atoms with Gasteiger partial charge in [0.1, 0.15) is 18.1 Å². The molecule has 0 N–H and O–H groups in total. The van der Waals surface area contributed by atoms with Gasteiger partial charge in [-0.1, -0.05) is 0 Å². The third kappa shape index (κ3) is 2.65. The van der Waals surface area contributed by atoms with Crippen molar-refractivity contribution in [2.24, 2.45) is 0 Å². The average molecular weight is 301 g/mol. The van der Waals surface area contributed by atoms with E-state index in [0.29, 0.717) is 23.5 Å². The highest BCUT2D eigenvalue weighted by Crippen LogP contribution is 2.11. The Morgan fingerprint density at radius 3 is 2.86 bits per heavy atom. The molecule has 0 aromatic carbocycles. The Morgan fingerprint density at radius 2 is 2.14 bits per heavy atom. The van der Waals surface area contributed by atoms with Crippen LogP contribution in [0.25, 0.3) is 11.2 Å². The fourth-order valence-corrected chi connectivity index (χ4v) is 2.19. The standard InChI is InChI=1S/C15H15N3O4/c1-10-5-6-11(21-10)8-17(2)13(19)9-18-14-12(22-15(18)20)4-3-7-16-14/h3-7H,8-9H2,1-2H3. The second-order valence-corrected chi connectivity index (χ2v) is 5.04. The SMILES string of the molecule is Cc1ccc(CN(C)C(=O)Cn2c(=O)oc3cccnc32)o1. The molecule has 3 aromatic rings. The number of rotatable bonds is 4. The Bertz CT molecular complexity index is 874. The maximum Gasteiger partial charge on any atom is 0.421 e. The van der Waals surface area contributed by atoms with Gasteiger partial charge in [-0.2, -0.15) is 0 Å². The number of hydrogen-bond donors (Lipinski definition) is 0. The van der Waals surface area contributed by atoms with Crippen LogP contribution in [0.3, 0.4) is 0 Å². The molecule has 0 bridgehead atoms. The highest BCUT2D eigenvalue weighted by atomic mass is 16.4. The van der Waals surface area contributed by atoms with E-state index in [9.17, 15) is 9.59 Å². The number of hydrogen-bond acceptors (Lipinski definition) is 5. The van der Waals surface area contributed by atoms with Crippen LogP contribution >= 0.6 is 0 Å². The molecule has 0 atom stereocenters. The van der Waals surface area contributed by atoms with Crippen LogP contribution in [0.1, 0.15) is 11.5 Å². The average Bonchev–Trinajstić information content (AvgIpc) is 3.03. The molecule has 3 rings (SSSR count). The summed E-state index contributed by atoms with van der Waals surface area (Å²) in [5.41, 5.74) is 0.729. The Labute approximate surface area is 125 Å². The number of pyridine rings is 1. The monoisotopic (exact) mass is 301 g/mol. The second-order valence-electron chi connectivity index (χ2n) is 5.04. The number of aryl methyl sites for hydroxylation is 1. The fourth-order valence-electron chi connectivity index (χ4n) is 2.19. The summed E-state index contributed by atoms with van der Waals surface area (Å²) >= 11 is 0. The number of carbonyl (C=O) groups is 1. The molecule has 0 fully saturated rings. The van der Waals surface area contributed by atoms with Crippen molar-refractivity contribution in [1.82, 2.24) is 14.5 Å². The van der Waals surface area contributed by atoms with E-state index >= 15 is 0 Å². The summed E-state index contributed by atoms with van der Waals surface area (Å²) in [6, 6.07) is 6.97. The minimum atomic E-state index is -0.593. The van der Waals surface area contributed by atoms with Gasteiger partial charge in [0.15, 0.2) is 11.2 Å². The summed E-state index contributed by atoms with van der Waals surface area (Å²) in [6.45, 7) is 2.05. The first-order chi connectivity index (χ1) is 10.5. The van der Waals surface area contributed by atoms with Gasteiger partial charge in [0.05, 0.1) is 6.54 Å². The van der Waals surface area contributed by atoms with E-state index in [1.165, 1.54) is 9.47 Å². The zero-order chi connectivity index (χ0) is 15.7. The Kier molecular flexibility index (Phi) is 3.54. The van der Waals surface area contributed by atoms with Crippen LogP contribution < -0.4 is 5.76 Å². The first-order valence-corrected chi connectivity index (χ1v) is 6.78. The number of oxazole rings is 1. The van der Waals surface area contributed by atoms with E-state index in [1.807, 2.05) is 19.1 Å². The summed E-state index contributed by atoms with van der Waals surface area (Å²) in [5.74, 6) is 0.654. The van der Waals surface area contributed by atoms with Gasteiger partial charge in [-0.3, -0.25) is 4.79 Å². The van der Waals surface area contributed by atoms with Gasteiger partial charge in [0, 0.05) is 13.2 Å². The van der Waals surface area contributed by atoms with Gasteiger partial charge in [-0.25, -0.2) is 14.3 Å². The highest BCUT2D eigenvalue weighted by Gasteiger charge is 2.17. The van der Waals surface area contributed by atoms with E-state index < -0.39 is 5.76 Å². The van der Waals surface area contributed by atoms with Gasteiger partial charge in [0.2, 0.25) is 5.91 Å². The number of furan rings is 1. The predicted molar refractivity (Wildman–Crippen MR) is 78.2 cm³/mol. The lowest BCUT2D eigenvalue weighted by molar-refractivity contribution is -0.131. The molecule has 0 radical (unpaired) electrons. The zero-order valence-electron chi connectivity index (χ0n) is 12.3. The van der Waals surface area contributed by atoms with Crippen molar-refractivity contribution in [3.8, 4) is 0 Å². The zero-order valence-corrected chi connectivity index (χ0v) is 12.3. The van der Waals surface area contributed by atoms with Gasteiger partial charge in [-0.05, 0) is 31.2 Å². The van der Waals surface area contributed by atoms with Crippen LogP contribution in [-0.4, -0.2) is 27.4 Å². The lowest BCUT2D eigenvalue weighted by Gasteiger charge is -2.15. The number of nitrogens with zero attached hydrogens (tertiary/aromatic N) is 3. The summed E-state index contributed by atoms with van der Waals surface area (Å²) in [5, 5.41) is 0. The number of amides is 1. The number of carbonyl (C=O) groups excluding carboxylic acids is 1. The second kappa shape index (κ2) is 5.51. The molecule has 3 heterocycles. The molecular formula is C15H15N3O4. The van der Waals surface area contributed by atoms with Crippen LogP contribution in [0.4, 0.5) is 0 Å². The molecule has 0 saturated heterocycles. The van der Waals surface area contributed by atoms with Gasteiger partial charge < -0.3 is 13.7 Å². The largest absolute Gasteiger partial charge is 0.464 e. The summed E-state index contributed by atoms with van der Waals surface area (Å²) in [6.07, 6.45) is 1.55. The molecule has 3 aromatic heterocycles. The quantitative estimate of drug-likeness (QED) is 0.730. The molecular weight excluding hydrogens is 286 g/mol. The van der Waals surface area contributed by atoms with E-state index in [1.54, 1.807) is 25.4 Å². The van der Waals surface area contributed by atoms with E-state index in [2.05, 4.69) is 4.98 Å². The molecule has 0 unspecified atom stereocenters. The van der Waals surface area contributed by atoms with Gasteiger partial charge >= 0.3 is 5.76 Å². The molecule has 0 saturated carbocycles. The van der Waals surface area contributed by atoms with Gasteiger partial charge in [-0.15, -0.1) is 0 Å². The molecule has 7 nitrogen and oxygen atoms in total. The Balaban J connectivity index is 1.78. The predicted octanol–water partition coefficient (Wildman–Crippen LogP) is 1.55. The van der Waals surface area contributed by atoms with Crippen molar-refractivity contribution < 1.29 is 13.6 Å². The maximum atomic E-state index is 12.3. The minimum absolute atomic E-state index is 0.126. The smallest absolute Gasteiger partial charge is 0.421 e. The van der Waals surface area contributed by atoms with Crippen LogP contribution in [-0.2, 0) is 17.9 Å². The van der Waals surface area contributed by atoms with Crippen molar-refractivity contribution in [2.45, 2.75) is 20.0 Å². The van der Waals surface area contributed by atoms with Crippen LogP contribution in [0.5, 0.6) is 0 Å². The van der Waals surface area contributed by atoms with E-state index in [-0.39, 0.29) is 12.5 Å². The highest BCUT2D eigenvalue weighted by molar-refractivity contribution is 5.78. The maximum absolute atomic E-state index is 12.3. The summed E-state index contributed by atoms with van der Waals surface area (Å²) < 4.78 is 11.7. The first kappa shape index (κ1) is 14.1. The number of likely N-dealkylation sites (N-methyl/N-ethyl adjacent to an activating group) is 1. The fraction of sp³-hybridized carbons (Fsp3) is 0.267. The number of fused-ring (bicyclic) bond motifs is 1. The first-order valence-electron chi connectivity index (χ1n) is 6.78.